The maximum Gasteiger partial charge on any atom is 0.343 e. The van der Waals surface area contributed by atoms with Gasteiger partial charge in [0.1, 0.15) is 4.32 Å². The molecule has 31 heavy (non-hydrogen) atoms. The molecule has 1 heterocycles. The Bertz CT molecular complexity index is 1030. The average molecular weight is 454 g/mol. The van der Waals surface area contributed by atoms with Gasteiger partial charge in [0, 0.05) is 6.04 Å². The van der Waals surface area contributed by atoms with Crippen molar-refractivity contribution in [2.24, 2.45) is 0 Å². The summed E-state index contributed by atoms with van der Waals surface area (Å²) in [6.45, 7) is 0. The Balaban J connectivity index is 1.52. The molecule has 5 nitrogen and oxygen atoms in total. The zero-order valence-electron chi connectivity index (χ0n) is 17.2. The van der Waals surface area contributed by atoms with Gasteiger partial charge in [0.05, 0.1) is 17.6 Å². The zero-order chi connectivity index (χ0) is 21.8. The second-order valence-electron chi connectivity index (χ2n) is 7.51. The largest absolute Gasteiger partial charge is 0.493 e. The van der Waals surface area contributed by atoms with Crippen molar-refractivity contribution in [1.82, 2.24) is 4.90 Å². The number of thiocarbonyl (C=S) groups is 1. The summed E-state index contributed by atoms with van der Waals surface area (Å²) in [5.41, 5.74) is 1.24. The fourth-order valence-corrected chi connectivity index (χ4v) is 5.28. The maximum absolute atomic E-state index is 13.0. The summed E-state index contributed by atoms with van der Waals surface area (Å²) in [5.74, 6) is 0.254. The fraction of sp³-hybridized carbons (Fsp3) is 0.292. The van der Waals surface area contributed by atoms with Crippen molar-refractivity contribution in [1.29, 1.82) is 0 Å². The normalized spacial score (nSPS) is 18.5. The summed E-state index contributed by atoms with van der Waals surface area (Å²) < 4.78 is 11.5. The minimum Gasteiger partial charge on any atom is -0.493 e. The number of thioether (sulfide) groups is 1. The highest BCUT2D eigenvalue weighted by Crippen LogP contribution is 2.38. The van der Waals surface area contributed by atoms with Crippen LogP contribution >= 0.6 is 24.0 Å². The van der Waals surface area contributed by atoms with Crippen LogP contribution < -0.4 is 9.47 Å². The van der Waals surface area contributed by atoms with Gasteiger partial charge in [-0.1, -0.05) is 67.5 Å². The number of carbonyl (C=O) groups is 2. The molecule has 7 heteroatoms. The van der Waals surface area contributed by atoms with Crippen LogP contribution in [-0.2, 0) is 4.79 Å². The van der Waals surface area contributed by atoms with Crippen LogP contribution in [0.5, 0.6) is 11.5 Å². The number of methoxy groups -OCH3 is 1. The smallest absolute Gasteiger partial charge is 0.343 e. The summed E-state index contributed by atoms with van der Waals surface area (Å²) in [7, 11) is 1.52. The lowest BCUT2D eigenvalue weighted by Crippen LogP contribution is -2.39. The molecule has 2 aromatic carbocycles. The van der Waals surface area contributed by atoms with Crippen molar-refractivity contribution in [2.75, 3.05) is 7.11 Å². The van der Waals surface area contributed by atoms with Gasteiger partial charge in [-0.05, 0) is 48.7 Å². The number of amides is 1. The lowest BCUT2D eigenvalue weighted by molar-refractivity contribution is -0.124. The van der Waals surface area contributed by atoms with E-state index in [4.69, 9.17) is 21.7 Å². The maximum atomic E-state index is 13.0. The van der Waals surface area contributed by atoms with E-state index in [2.05, 4.69) is 0 Å². The predicted molar refractivity (Wildman–Crippen MR) is 126 cm³/mol. The molecule has 1 aliphatic carbocycles. The van der Waals surface area contributed by atoms with Crippen molar-refractivity contribution in [2.45, 2.75) is 38.1 Å². The van der Waals surface area contributed by atoms with E-state index in [1.165, 1.54) is 25.3 Å². The highest BCUT2D eigenvalue weighted by Gasteiger charge is 2.37. The van der Waals surface area contributed by atoms with Crippen LogP contribution in [0, 0.1) is 0 Å². The molecule has 1 saturated carbocycles. The van der Waals surface area contributed by atoms with E-state index in [1.807, 2.05) is 12.1 Å². The van der Waals surface area contributed by atoms with Crippen LogP contribution in [0.25, 0.3) is 6.08 Å². The minimum absolute atomic E-state index is 0.0274. The molecule has 2 fully saturated rings. The SMILES string of the molecule is COc1cc(C=C2SC(=S)N(C3CCCCC3)C2=O)ccc1OC(=O)c1ccccc1. The van der Waals surface area contributed by atoms with E-state index < -0.39 is 5.97 Å². The topological polar surface area (TPSA) is 55.8 Å². The van der Waals surface area contributed by atoms with Crippen molar-refractivity contribution in [3.63, 3.8) is 0 Å². The Morgan fingerprint density at radius 3 is 2.55 bits per heavy atom. The third-order valence-electron chi connectivity index (χ3n) is 5.46. The number of carbonyl (C=O) groups excluding carboxylic acids is 2. The predicted octanol–water partition coefficient (Wildman–Crippen LogP) is 5.45. The molecule has 0 atom stereocenters. The van der Waals surface area contributed by atoms with E-state index >= 15 is 0 Å². The molecule has 1 aliphatic heterocycles. The number of hydrogen-bond donors (Lipinski definition) is 0. The lowest BCUT2D eigenvalue weighted by atomic mass is 9.94. The number of rotatable bonds is 5. The van der Waals surface area contributed by atoms with E-state index in [9.17, 15) is 9.59 Å². The van der Waals surface area contributed by atoms with Crippen LogP contribution in [0.1, 0.15) is 48.0 Å². The number of benzene rings is 2. The summed E-state index contributed by atoms with van der Waals surface area (Å²) in [4.78, 5) is 27.7. The number of ether oxygens (including phenoxy) is 2. The molecule has 2 aliphatic rings. The van der Waals surface area contributed by atoms with Crippen LogP contribution in [0.3, 0.4) is 0 Å². The fourth-order valence-electron chi connectivity index (χ4n) is 3.88. The molecule has 160 valence electrons. The van der Waals surface area contributed by atoms with Crippen molar-refractivity contribution >= 4 is 46.3 Å². The summed E-state index contributed by atoms with van der Waals surface area (Å²) in [6, 6.07) is 14.2. The molecule has 1 saturated heterocycles. The highest BCUT2D eigenvalue weighted by molar-refractivity contribution is 8.26. The minimum atomic E-state index is -0.458. The zero-order valence-corrected chi connectivity index (χ0v) is 18.8. The second kappa shape index (κ2) is 9.66. The molecular weight excluding hydrogens is 430 g/mol. The Labute approximate surface area is 191 Å². The van der Waals surface area contributed by atoms with Crippen LogP contribution in [0.2, 0.25) is 0 Å². The van der Waals surface area contributed by atoms with Crippen molar-refractivity contribution < 1.29 is 19.1 Å². The highest BCUT2D eigenvalue weighted by atomic mass is 32.2. The molecule has 0 N–H and O–H groups in total. The van der Waals surface area contributed by atoms with Gasteiger partial charge in [0.2, 0.25) is 0 Å². The van der Waals surface area contributed by atoms with Gasteiger partial charge in [-0.25, -0.2) is 4.79 Å². The van der Waals surface area contributed by atoms with Crippen LogP contribution in [-0.4, -0.2) is 34.2 Å². The standard InChI is InChI=1S/C24H23NO4S2/c1-28-20-14-16(12-13-19(20)29-23(27)17-8-4-2-5-9-17)15-21-22(26)25(24(30)31-21)18-10-6-3-7-11-18/h2,4-5,8-9,12-15,18H,3,6-7,10-11H2,1H3. The molecule has 0 spiro atoms. The van der Waals surface area contributed by atoms with Gasteiger partial charge in [0.15, 0.2) is 11.5 Å². The van der Waals surface area contributed by atoms with E-state index in [-0.39, 0.29) is 11.9 Å². The van der Waals surface area contributed by atoms with Crippen LogP contribution in [0.4, 0.5) is 0 Å². The van der Waals surface area contributed by atoms with Gasteiger partial charge in [-0.15, -0.1) is 0 Å². The first-order chi connectivity index (χ1) is 15.1. The first-order valence-corrected chi connectivity index (χ1v) is 11.5. The number of nitrogens with zero attached hydrogens (tertiary/aromatic N) is 1. The van der Waals surface area contributed by atoms with Gasteiger partial charge in [-0.3, -0.25) is 9.69 Å². The quantitative estimate of drug-likeness (QED) is 0.260. The summed E-state index contributed by atoms with van der Waals surface area (Å²) in [6.07, 6.45) is 7.34. The summed E-state index contributed by atoms with van der Waals surface area (Å²) >= 11 is 6.84. The Kier molecular flexibility index (Phi) is 6.73. The molecule has 0 radical (unpaired) electrons. The number of hydrogen-bond acceptors (Lipinski definition) is 6. The van der Waals surface area contributed by atoms with E-state index in [0.29, 0.717) is 26.3 Å². The van der Waals surface area contributed by atoms with Gasteiger partial charge in [-0.2, -0.15) is 0 Å². The molecule has 2 aromatic rings. The van der Waals surface area contributed by atoms with Crippen molar-refractivity contribution in [3.8, 4) is 11.5 Å². The Morgan fingerprint density at radius 1 is 1.10 bits per heavy atom. The third kappa shape index (κ3) is 4.83. The summed E-state index contributed by atoms with van der Waals surface area (Å²) in [5, 5.41) is 0. The molecule has 0 aromatic heterocycles. The third-order valence-corrected chi connectivity index (χ3v) is 6.79. The molecule has 0 bridgehead atoms. The number of esters is 1. The van der Waals surface area contributed by atoms with E-state index in [0.717, 1.165) is 31.2 Å². The van der Waals surface area contributed by atoms with Gasteiger partial charge >= 0.3 is 5.97 Å². The first kappa shape index (κ1) is 21.6. The second-order valence-corrected chi connectivity index (χ2v) is 9.19. The molecule has 1 amide bonds. The monoisotopic (exact) mass is 453 g/mol. The molecule has 4 rings (SSSR count). The Hall–Kier alpha value is -2.64. The van der Waals surface area contributed by atoms with Crippen molar-refractivity contribution in [3.05, 3.63) is 64.6 Å². The molecule has 0 unspecified atom stereocenters. The van der Waals surface area contributed by atoms with Gasteiger partial charge in [0.25, 0.3) is 5.91 Å². The lowest BCUT2D eigenvalue weighted by Gasteiger charge is -2.29. The Morgan fingerprint density at radius 2 is 1.84 bits per heavy atom. The average Bonchev–Trinajstić information content (AvgIpc) is 3.08. The first-order valence-electron chi connectivity index (χ1n) is 10.3. The van der Waals surface area contributed by atoms with Crippen LogP contribution in [0.15, 0.2) is 53.4 Å². The molecular formula is C24H23NO4S2. The van der Waals surface area contributed by atoms with E-state index in [1.54, 1.807) is 47.4 Å². The van der Waals surface area contributed by atoms with Gasteiger partial charge < -0.3 is 9.47 Å².